The maximum Gasteiger partial charge on any atom is 0.0304 e. The minimum Gasteiger partial charge on any atom is -0.271 e. The summed E-state index contributed by atoms with van der Waals surface area (Å²) in [6, 6.07) is 2.62. The van der Waals surface area contributed by atoms with Gasteiger partial charge in [-0.3, -0.25) is 11.3 Å². The number of nitrogens with one attached hydrogen (secondary N) is 1. The number of nitrogens with two attached hydrogens (primary N) is 1. The molecule has 0 saturated heterocycles. The Morgan fingerprint density at radius 1 is 1.56 bits per heavy atom. The number of thiophene rings is 1. The van der Waals surface area contributed by atoms with Gasteiger partial charge < -0.3 is 0 Å². The molecule has 2 unspecified atom stereocenters. The van der Waals surface area contributed by atoms with Crippen molar-refractivity contribution < 1.29 is 0 Å². The van der Waals surface area contributed by atoms with E-state index < -0.39 is 0 Å². The van der Waals surface area contributed by atoms with E-state index in [4.69, 9.17) is 5.84 Å². The van der Waals surface area contributed by atoms with Crippen molar-refractivity contribution in [3.63, 3.8) is 0 Å². The molecule has 4 heteroatoms. The average Bonchev–Trinajstić information content (AvgIpc) is 2.81. The highest BCUT2D eigenvalue weighted by Crippen LogP contribution is 2.17. The highest BCUT2D eigenvalue weighted by molar-refractivity contribution is 7.99. The molecule has 0 saturated carbocycles. The van der Waals surface area contributed by atoms with Crippen LogP contribution >= 0.6 is 23.1 Å². The molecule has 1 aromatic heterocycles. The Hall–Kier alpha value is -0.0300. The Kier molecular flexibility index (Phi) is 7.12. The molecule has 16 heavy (non-hydrogen) atoms. The van der Waals surface area contributed by atoms with Crippen LogP contribution in [-0.2, 0) is 6.42 Å². The molecular formula is C12H22N2S2. The lowest BCUT2D eigenvalue weighted by Gasteiger charge is -2.17. The minimum absolute atomic E-state index is 0.430. The van der Waals surface area contributed by atoms with Crippen LogP contribution in [0.2, 0.25) is 0 Å². The number of hydrogen-bond donors (Lipinski definition) is 2. The van der Waals surface area contributed by atoms with E-state index in [1.54, 1.807) is 11.3 Å². The van der Waals surface area contributed by atoms with Crippen molar-refractivity contribution >= 4 is 23.1 Å². The van der Waals surface area contributed by atoms with Crippen molar-refractivity contribution in [2.75, 3.05) is 5.75 Å². The number of rotatable bonds is 8. The molecule has 0 aliphatic carbocycles. The SMILES string of the molecule is CCC(C)SCC(CCc1ccsc1)NN. The Balaban J connectivity index is 2.21. The van der Waals surface area contributed by atoms with Crippen molar-refractivity contribution in [1.82, 2.24) is 5.43 Å². The number of aryl methyl sites for hydroxylation is 1. The van der Waals surface area contributed by atoms with Crippen LogP contribution < -0.4 is 11.3 Å². The van der Waals surface area contributed by atoms with Gasteiger partial charge in [-0.25, -0.2) is 0 Å². The van der Waals surface area contributed by atoms with Gasteiger partial charge in [0.2, 0.25) is 0 Å². The Morgan fingerprint density at radius 2 is 2.38 bits per heavy atom. The third-order valence-electron chi connectivity index (χ3n) is 2.75. The van der Waals surface area contributed by atoms with Crippen molar-refractivity contribution in [2.45, 2.75) is 44.4 Å². The van der Waals surface area contributed by atoms with Gasteiger partial charge in [-0.05, 0) is 41.7 Å². The van der Waals surface area contributed by atoms with E-state index in [1.807, 2.05) is 11.8 Å². The lowest BCUT2D eigenvalue weighted by Crippen LogP contribution is -2.37. The van der Waals surface area contributed by atoms with Crippen LogP contribution in [0.3, 0.4) is 0 Å². The van der Waals surface area contributed by atoms with E-state index in [0.29, 0.717) is 6.04 Å². The van der Waals surface area contributed by atoms with Gasteiger partial charge in [-0.15, -0.1) is 0 Å². The molecular weight excluding hydrogens is 236 g/mol. The first-order chi connectivity index (χ1) is 7.76. The smallest absolute Gasteiger partial charge is 0.0304 e. The van der Waals surface area contributed by atoms with E-state index in [9.17, 15) is 0 Å². The van der Waals surface area contributed by atoms with Gasteiger partial charge in [0.15, 0.2) is 0 Å². The fourth-order valence-electron chi connectivity index (χ4n) is 1.39. The average molecular weight is 258 g/mol. The molecule has 1 rings (SSSR count). The van der Waals surface area contributed by atoms with Crippen LogP contribution in [0, 0.1) is 0 Å². The van der Waals surface area contributed by atoms with Crippen LogP contribution in [0.25, 0.3) is 0 Å². The van der Waals surface area contributed by atoms with Crippen molar-refractivity contribution in [3.05, 3.63) is 22.4 Å². The predicted octanol–water partition coefficient (Wildman–Crippen LogP) is 3.04. The molecule has 1 heterocycles. The van der Waals surface area contributed by atoms with Crippen LogP contribution in [0.5, 0.6) is 0 Å². The second kappa shape index (κ2) is 8.12. The van der Waals surface area contributed by atoms with E-state index >= 15 is 0 Å². The minimum atomic E-state index is 0.430. The van der Waals surface area contributed by atoms with Crippen molar-refractivity contribution in [1.29, 1.82) is 0 Å². The number of hydrogen-bond acceptors (Lipinski definition) is 4. The van der Waals surface area contributed by atoms with E-state index in [-0.39, 0.29) is 0 Å². The highest BCUT2D eigenvalue weighted by atomic mass is 32.2. The summed E-state index contributed by atoms with van der Waals surface area (Å²) in [4.78, 5) is 0. The summed E-state index contributed by atoms with van der Waals surface area (Å²) in [6.45, 7) is 4.50. The van der Waals surface area contributed by atoms with Gasteiger partial charge in [-0.1, -0.05) is 13.8 Å². The summed E-state index contributed by atoms with van der Waals surface area (Å²) in [7, 11) is 0. The molecule has 2 atom stereocenters. The summed E-state index contributed by atoms with van der Waals surface area (Å²) in [5, 5.41) is 5.08. The van der Waals surface area contributed by atoms with Gasteiger partial charge >= 0.3 is 0 Å². The molecule has 0 amide bonds. The Bertz CT molecular complexity index is 262. The number of thioether (sulfide) groups is 1. The maximum atomic E-state index is 5.58. The largest absolute Gasteiger partial charge is 0.271 e. The Labute approximate surface area is 107 Å². The van der Waals surface area contributed by atoms with Gasteiger partial charge in [0.1, 0.15) is 0 Å². The zero-order valence-corrected chi connectivity index (χ0v) is 11.7. The molecule has 0 fully saturated rings. The lowest BCUT2D eigenvalue weighted by molar-refractivity contribution is 0.538. The third-order valence-corrected chi connectivity index (χ3v) is 4.98. The molecule has 1 aromatic rings. The van der Waals surface area contributed by atoms with Gasteiger partial charge in [-0.2, -0.15) is 23.1 Å². The van der Waals surface area contributed by atoms with E-state index in [2.05, 4.69) is 36.1 Å². The number of hydrazine groups is 1. The van der Waals surface area contributed by atoms with Crippen LogP contribution in [0.15, 0.2) is 16.8 Å². The molecule has 92 valence electrons. The first-order valence-corrected chi connectivity index (χ1v) is 7.84. The molecule has 3 N–H and O–H groups in total. The maximum absolute atomic E-state index is 5.58. The molecule has 0 spiro atoms. The first kappa shape index (κ1) is 14.0. The zero-order valence-electron chi connectivity index (χ0n) is 10.1. The van der Waals surface area contributed by atoms with Crippen molar-refractivity contribution in [2.24, 2.45) is 5.84 Å². The summed E-state index contributed by atoms with van der Waals surface area (Å²) in [5.74, 6) is 6.69. The Morgan fingerprint density at radius 3 is 2.94 bits per heavy atom. The summed E-state index contributed by atoms with van der Waals surface area (Å²) < 4.78 is 0. The molecule has 0 aliphatic heterocycles. The first-order valence-electron chi connectivity index (χ1n) is 5.85. The van der Waals surface area contributed by atoms with Crippen molar-refractivity contribution in [3.8, 4) is 0 Å². The second-order valence-corrected chi connectivity index (χ2v) is 6.34. The topological polar surface area (TPSA) is 38.0 Å². The van der Waals surface area contributed by atoms with Gasteiger partial charge in [0.25, 0.3) is 0 Å². The fraction of sp³-hybridized carbons (Fsp3) is 0.667. The second-order valence-electron chi connectivity index (χ2n) is 4.09. The molecule has 0 radical (unpaired) electrons. The van der Waals surface area contributed by atoms with E-state index in [0.717, 1.165) is 23.8 Å². The summed E-state index contributed by atoms with van der Waals surface area (Å²) >= 11 is 3.77. The van der Waals surface area contributed by atoms with Gasteiger partial charge in [0, 0.05) is 17.0 Å². The summed E-state index contributed by atoms with van der Waals surface area (Å²) in [5.41, 5.74) is 4.36. The quantitative estimate of drug-likeness (QED) is 0.556. The van der Waals surface area contributed by atoms with Crippen LogP contribution in [-0.4, -0.2) is 17.0 Å². The predicted molar refractivity (Wildman–Crippen MR) is 76.0 cm³/mol. The fourth-order valence-corrected chi connectivity index (χ4v) is 3.15. The van der Waals surface area contributed by atoms with Crippen LogP contribution in [0.1, 0.15) is 32.3 Å². The lowest BCUT2D eigenvalue weighted by atomic mass is 10.1. The molecule has 0 aromatic carbocycles. The molecule has 2 nitrogen and oxygen atoms in total. The summed E-state index contributed by atoms with van der Waals surface area (Å²) in [6.07, 6.45) is 3.47. The third kappa shape index (κ3) is 5.34. The van der Waals surface area contributed by atoms with E-state index in [1.165, 1.54) is 12.0 Å². The molecule has 0 bridgehead atoms. The monoisotopic (exact) mass is 258 g/mol. The normalized spacial score (nSPS) is 14.9. The zero-order chi connectivity index (χ0) is 11.8. The highest BCUT2D eigenvalue weighted by Gasteiger charge is 2.09. The standard InChI is InChI=1S/C12H22N2S2/c1-3-10(2)16-9-12(14-13)5-4-11-6-7-15-8-11/h6-8,10,12,14H,3-5,9,13H2,1-2H3. The van der Waals surface area contributed by atoms with Crippen LogP contribution in [0.4, 0.5) is 0 Å². The molecule has 0 aliphatic rings. The van der Waals surface area contributed by atoms with Gasteiger partial charge in [0.05, 0.1) is 0 Å².